The Labute approximate surface area is 92.0 Å². The zero-order valence-electron chi connectivity index (χ0n) is 9.90. The van der Waals surface area contributed by atoms with E-state index in [1.807, 2.05) is 26.2 Å². The van der Waals surface area contributed by atoms with Gasteiger partial charge in [-0.05, 0) is 24.5 Å². The molecule has 82 valence electrons. The lowest BCUT2D eigenvalue weighted by Gasteiger charge is -2.00. The number of nitrogens with zero attached hydrogens (tertiary/aromatic N) is 2. The maximum Gasteiger partial charge on any atom is 0.136 e. The van der Waals surface area contributed by atoms with Crippen molar-refractivity contribution in [2.24, 2.45) is 0 Å². The second-order valence-electron chi connectivity index (χ2n) is 3.33. The number of aromatic nitrogens is 2. The molecule has 2 nitrogen and oxygen atoms in total. The van der Waals surface area contributed by atoms with Crippen LogP contribution in [0, 0.1) is 0 Å². The molecule has 2 heteroatoms. The Bertz CT molecular complexity index is 390. The number of fused-ring (bicyclic) bond motifs is 1. The van der Waals surface area contributed by atoms with Gasteiger partial charge in [0.05, 0.1) is 0 Å². The summed E-state index contributed by atoms with van der Waals surface area (Å²) in [6, 6.07) is 4.24. The van der Waals surface area contributed by atoms with Crippen LogP contribution in [-0.4, -0.2) is 9.38 Å². The standard InChI is InChI=1S/C11H14N2.C2H6/c1-2-3-4-10-5-6-11-12-7-8-13(11)9-10;1-2/h5-9H,2-4H2,1H3;1-2H3. The van der Waals surface area contributed by atoms with Gasteiger partial charge >= 0.3 is 0 Å². The summed E-state index contributed by atoms with van der Waals surface area (Å²) in [6.45, 7) is 6.22. The highest BCUT2D eigenvalue weighted by Gasteiger charge is 1.95. The average molecular weight is 204 g/mol. The molecule has 0 aliphatic carbocycles. The van der Waals surface area contributed by atoms with Crippen LogP contribution >= 0.6 is 0 Å². The number of aryl methyl sites for hydroxylation is 1. The lowest BCUT2D eigenvalue weighted by molar-refractivity contribution is 0.791. The van der Waals surface area contributed by atoms with Crippen LogP contribution < -0.4 is 0 Å². The molecule has 2 aromatic heterocycles. The Morgan fingerprint density at radius 1 is 1.27 bits per heavy atom. The molecule has 0 atom stereocenters. The van der Waals surface area contributed by atoms with E-state index in [0.29, 0.717) is 0 Å². The van der Waals surface area contributed by atoms with Gasteiger partial charge in [0.1, 0.15) is 5.65 Å². The zero-order chi connectivity index (χ0) is 11.1. The molecule has 0 bridgehead atoms. The third-order valence-corrected chi connectivity index (χ3v) is 2.27. The van der Waals surface area contributed by atoms with Gasteiger partial charge in [-0.2, -0.15) is 0 Å². The van der Waals surface area contributed by atoms with Crippen molar-refractivity contribution in [3.05, 3.63) is 36.3 Å². The molecule has 0 fully saturated rings. The first kappa shape index (κ1) is 11.8. The highest BCUT2D eigenvalue weighted by Crippen LogP contribution is 2.07. The van der Waals surface area contributed by atoms with Gasteiger partial charge in [0.2, 0.25) is 0 Å². The predicted molar refractivity (Wildman–Crippen MR) is 65.2 cm³/mol. The van der Waals surface area contributed by atoms with Crippen molar-refractivity contribution in [1.29, 1.82) is 0 Å². The van der Waals surface area contributed by atoms with E-state index in [1.165, 1.54) is 24.8 Å². The molecule has 0 N–H and O–H groups in total. The third kappa shape index (κ3) is 3.08. The lowest BCUT2D eigenvalue weighted by atomic mass is 10.1. The first-order valence-electron chi connectivity index (χ1n) is 5.82. The minimum atomic E-state index is 1.03. The lowest BCUT2D eigenvalue weighted by Crippen LogP contribution is -1.89. The number of unbranched alkanes of at least 4 members (excludes halogenated alkanes) is 1. The Kier molecular flexibility index (Phi) is 4.88. The molecule has 0 aliphatic heterocycles. The SMILES string of the molecule is CC.CCCCc1ccc2nccn2c1. The van der Waals surface area contributed by atoms with Gasteiger partial charge in [-0.3, -0.25) is 0 Å². The van der Waals surface area contributed by atoms with E-state index in [9.17, 15) is 0 Å². The number of imidazole rings is 1. The normalized spacial score (nSPS) is 9.80. The van der Waals surface area contributed by atoms with E-state index in [2.05, 4.69) is 34.6 Å². The van der Waals surface area contributed by atoms with E-state index in [0.717, 1.165) is 5.65 Å². The average Bonchev–Trinajstić information content (AvgIpc) is 2.76. The molecule has 0 spiro atoms. The van der Waals surface area contributed by atoms with Crippen LogP contribution in [-0.2, 0) is 6.42 Å². The third-order valence-electron chi connectivity index (χ3n) is 2.27. The maximum atomic E-state index is 4.20. The van der Waals surface area contributed by atoms with Crippen LogP contribution in [0.5, 0.6) is 0 Å². The van der Waals surface area contributed by atoms with Crippen LogP contribution in [0.15, 0.2) is 30.7 Å². The molecule has 2 heterocycles. The van der Waals surface area contributed by atoms with Gasteiger partial charge in [-0.25, -0.2) is 4.98 Å². The van der Waals surface area contributed by atoms with Crippen LogP contribution in [0.25, 0.3) is 5.65 Å². The van der Waals surface area contributed by atoms with Gasteiger partial charge in [-0.1, -0.05) is 33.3 Å². The molecule has 0 amide bonds. The Morgan fingerprint density at radius 2 is 2.07 bits per heavy atom. The molecule has 0 saturated carbocycles. The summed E-state index contributed by atoms with van der Waals surface area (Å²) >= 11 is 0. The molecule has 0 saturated heterocycles. The molecule has 0 unspecified atom stereocenters. The highest BCUT2D eigenvalue weighted by atomic mass is 15.0. The van der Waals surface area contributed by atoms with Crippen LogP contribution in [0.2, 0.25) is 0 Å². The molecular formula is C13H20N2. The number of hydrogen-bond acceptors (Lipinski definition) is 1. The maximum absolute atomic E-state index is 4.20. The van der Waals surface area contributed by atoms with E-state index in [-0.39, 0.29) is 0 Å². The molecular weight excluding hydrogens is 184 g/mol. The molecule has 15 heavy (non-hydrogen) atoms. The zero-order valence-corrected chi connectivity index (χ0v) is 9.90. The number of rotatable bonds is 3. The van der Waals surface area contributed by atoms with Crippen molar-refractivity contribution in [2.45, 2.75) is 40.0 Å². The van der Waals surface area contributed by atoms with E-state index < -0.39 is 0 Å². The van der Waals surface area contributed by atoms with Gasteiger partial charge in [0.15, 0.2) is 0 Å². The van der Waals surface area contributed by atoms with Crippen LogP contribution in [0.4, 0.5) is 0 Å². The quantitative estimate of drug-likeness (QED) is 0.745. The van der Waals surface area contributed by atoms with E-state index in [4.69, 9.17) is 0 Å². The van der Waals surface area contributed by atoms with Crippen molar-refractivity contribution in [1.82, 2.24) is 9.38 Å². The monoisotopic (exact) mass is 204 g/mol. The Morgan fingerprint density at radius 3 is 2.80 bits per heavy atom. The second kappa shape index (κ2) is 6.23. The van der Waals surface area contributed by atoms with E-state index in [1.54, 1.807) is 0 Å². The van der Waals surface area contributed by atoms with Gasteiger partial charge in [0.25, 0.3) is 0 Å². The van der Waals surface area contributed by atoms with E-state index >= 15 is 0 Å². The summed E-state index contributed by atoms with van der Waals surface area (Å²) in [5.74, 6) is 0. The summed E-state index contributed by atoms with van der Waals surface area (Å²) in [5, 5.41) is 0. The van der Waals surface area contributed by atoms with Gasteiger partial charge < -0.3 is 4.40 Å². The fourth-order valence-electron chi connectivity index (χ4n) is 1.49. The van der Waals surface area contributed by atoms with Crippen molar-refractivity contribution >= 4 is 5.65 Å². The van der Waals surface area contributed by atoms with Crippen molar-refractivity contribution < 1.29 is 0 Å². The Balaban J connectivity index is 0.000000531. The predicted octanol–water partition coefficient (Wildman–Crippen LogP) is 3.70. The summed E-state index contributed by atoms with van der Waals surface area (Å²) in [7, 11) is 0. The minimum Gasteiger partial charge on any atom is -0.307 e. The van der Waals surface area contributed by atoms with Crippen molar-refractivity contribution in [3.63, 3.8) is 0 Å². The first-order valence-corrected chi connectivity index (χ1v) is 5.82. The number of pyridine rings is 1. The fourth-order valence-corrected chi connectivity index (χ4v) is 1.49. The topological polar surface area (TPSA) is 17.3 Å². The van der Waals surface area contributed by atoms with Crippen LogP contribution in [0.3, 0.4) is 0 Å². The summed E-state index contributed by atoms with van der Waals surface area (Å²) in [4.78, 5) is 4.20. The Hall–Kier alpha value is -1.31. The van der Waals surface area contributed by atoms with Crippen LogP contribution in [0.1, 0.15) is 39.2 Å². The van der Waals surface area contributed by atoms with Gasteiger partial charge in [-0.15, -0.1) is 0 Å². The summed E-state index contributed by atoms with van der Waals surface area (Å²) < 4.78 is 2.07. The summed E-state index contributed by atoms with van der Waals surface area (Å²) in [5.41, 5.74) is 2.42. The fraction of sp³-hybridized carbons (Fsp3) is 0.462. The number of hydrogen-bond donors (Lipinski definition) is 0. The summed E-state index contributed by atoms with van der Waals surface area (Å²) in [6.07, 6.45) is 9.68. The molecule has 0 aliphatic rings. The largest absolute Gasteiger partial charge is 0.307 e. The van der Waals surface area contributed by atoms with Gasteiger partial charge in [0, 0.05) is 18.6 Å². The minimum absolute atomic E-state index is 1.03. The van der Waals surface area contributed by atoms with Crippen molar-refractivity contribution in [3.8, 4) is 0 Å². The molecule has 2 rings (SSSR count). The smallest absolute Gasteiger partial charge is 0.136 e. The molecule has 0 aromatic carbocycles. The highest BCUT2D eigenvalue weighted by molar-refractivity contribution is 5.39. The first-order chi connectivity index (χ1) is 7.40. The molecule has 0 radical (unpaired) electrons. The second-order valence-corrected chi connectivity index (χ2v) is 3.33. The van der Waals surface area contributed by atoms with Crippen molar-refractivity contribution in [2.75, 3.05) is 0 Å². The molecule has 2 aromatic rings.